The van der Waals surface area contributed by atoms with Gasteiger partial charge in [0, 0.05) is 18.4 Å². The molecule has 0 saturated carbocycles. The van der Waals surface area contributed by atoms with Crippen molar-refractivity contribution in [3.8, 4) is 0 Å². The summed E-state index contributed by atoms with van der Waals surface area (Å²) in [7, 11) is 2.03. The third-order valence-electron chi connectivity index (χ3n) is 2.61. The molecule has 1 aromatic heterocycles. The molecule has 0 radical (unpaired) electrons. The average molecular weight is 192 g/mol. The number of pyridine rings is 1. The summed E-state index contributed by atoms with van der Waals surface area (Å²) in [5.74, 6) is 0. The van der Waals surface area contributed by atoms with Gasteiger partial charge in [0.25, 0.3) is 0 Å². The number of nitrogens with one attached hydrogen (secondary N) is 1. The lowest BCUT2D eigenvalue weighted by Crippen LogP contribution is -2.24. The summed E-state index contributed by atoms with van der Waals surface area (Å²) < 4.78 is 0. The topological polar surface area (TPSA) is 24.9 Å². The summed E-state index contributed by atoms with van der Waals surface area (Å²) in [4.78, 5) is 4.19. The van der Waals surface area contributed by atoms with Crippen molar-refractivity contribution < 1.29 is 0 Å². The van der Waals surface area contributed by atoms with Crippen LogP contribution in [0.3, 0.4) is 0 Å². The summed E-state index contributed by atoms with van der Waals surface area (Å²) in [5, 5.41) is 3.32. The summed E-state index contributed by atoms with van der Waals surface area (Å²) in [5.41, 5.74) is 2.60. The van der Waals surface area contributed by atoms with Crippen LogP contribution < -0.4 is 5.32 Å². The fourth-order valence-electron chi connectivity index (χ4n) is 1.65. The second-order valence-electron chi connectivity index (χ2n) is 3.80. The Morgan fingerprint density at radius 1 is 1.43 bits per heavy atom. The number of hydrogen-bond acceptors (Lipinski definition) is 2. The van der Waals surface area contributed by atoms with Crippen molar-refractivity contribution in [3.63, 3.8) is 0 Å². The maximum absolute atomic E-state index is 4.19. The van der Waals surface area contributed by atoms with E-state index in [2.05, 4.69) is 30.2 Å². The molecule has 1 N–H and O–H groups in total. The van der Waals surface area contributed by atoms with Crippen LogP contribution in [0.2, 0.25) is 0 Å². The van der Waals surface area contributed by atoms with Crippen LogP contribution in [0.1, 0.15) is 30.9 Å². The molecule has 0 fully saturated rings. The molecule has 2 nitrogen and oxygen atoms in total. The molecule has 1 aromatic rings. The maximum Gasteiger partial charge on any atom is 0.0300 e. The zero-order valence-electron chi connectivity index (χ0n) is 9.38. The van der Waals surface area contributed by atoms with Gasteiger partial charge in [-0.3, -0.25) is 4.98 Å². The number of aromatic nitrogens is 1. The molecule has 1 rings (SSSR count). The zero-order valence-corrected chi connectivity index (χ0v) is 9.38. The smallest absolute Gasteiger partial charge is 0.0300 e. The van der Waals surface area contributed by atoms with Gasteiger partial charge in [-0.1, -0.05) is 13.0 Å². The first kappa shape index (κ1) is 11.2. The molecule has 0 aliphatic carbocycles. The van der Waals surface area contributed by atoms with Crippen molar-refractivity contribution in [1.29, 1.82) is 0 Å². The van der Waals surface area contributed by atoms with Gasteiger partial charge in [0.05, 0.1) is 0 Å². The van der Waals surface area contributed by atoms with E-state index in [1.807, 2.05) is 19.4 Å². The normalized spacial score (nSPS) is 12.8. The molecular weight excluding hydrogens is 172 g/mol. The van der Waals surface area contributed by atoms with Crippen molar-refractivity contribution in [3.05, 3.63) is 29.6 Å². The molecule has 0 amide bonds. The molecule has 1 heterocycles. The first-order valence-electron chi connectivity index (χ1n) is 5.34. The average Bonchev–Trinajstić information content (AvgIpc) is 2.19. The predicted molar refractivity (Wildman–Crippen MR) is 60.4 cm³/mol. The third-order valence-corrected chi connectivity index (χ3v) is 2.61. The van der Waals surface area contributed by atoms with Gasteiger partial charge in [-0.2, -0.15) is 0 Å². The van der Waals surface area contributed by atoms with Gasteiger partial charge >= 0.3 is 0 Å². The number of nitrogens with zero attached hydrogens (tertiary/aromatic N) is 1. The lowest BCUT2D eigenvalue weighted by molar-refractivity contribution is 0.508. The van der Waals surface area contributed by atoms with Crippen molar-refractivity contribution >= 4 is 0 Å². The fraction of sp³-hybridized carbons (Fsp3) is 0.583. The maximum atomic E-state index is 4.19. The molecule has 0 aliphatic rings. The minimum Gasteiger partial charge on any atom is -0.317 e. The zero-order chi connectivity index (χ0) is 10.4. The molecule has 0 bridgehead atoms. The minimum absolute atomic E-state index is 0.635. The lowest BCUT2D eigenvalue weighted by atomic mass is 10.0. The fourth-order valence-corrected chi connectivity index (χ4v) is 1.65. The van der Waals surface area contributed by atoms with E-state index in [0.717, 1.165) is 6.42 Å². The highest BCUT2D eigenvalue weighted by molar-refractivity contribution is 5.16. The van der Waals surface area contributed by atoms with Gasteiger partial charge in [0.2, 0.25) is 0 Å². The van der Waals surface area contributed by atoms with E-state index in [4.69, 9.17) is 0 Å². The Morgan fingerprint density at radius 2 is 2.21 bits per heavy atom. The van der Waals surface area contributed by atoms with Crippen molar-refractivity contribution in [2.75, 3.05) is 7.05 Å². The van der Waals surface area contributed by atoms with Crippen LogP contribution >= 0.6 is 0 Å². The first-order valence-corrected chi connectivity index (χ1v) is 5.34. The molecule has 0 aliphatic heterocycles. The van der Waals surface area contributed by atoms with Gasteiger partial charge in [-0.15, -0.1) is 0 Å². The van der Waals surface area contributed by atoms with Crippen LogP contribution in [0, 0.1) is 6.92 Å². The Bertz CT molecular complexity index is 267. The van der Waals surface area contributed by atoms with Crippen LogP contribution in [0.25, 0.3) is 0 Å². The Kier molecular flexibility index (Phi) is 4.60. The minimum atomic E-state index is 0.635. The number of aryl methyl sites for hydroxylation is 2. The Labute approximate surface area is 86.8 Å². The molecule has 78 valence electrons. The highest BCUT2D eigenvalue weighted by Crippen LogP contribution is 2.07. The van der Waals surface area contributed by atoms with E-state index < -0.39 is 0 Å². The molecule has 1 unspecified atom stereocenters. The number of rotatable bonds is 5. The Hall–Kier alpha value is -0.890. The van der Waals surface area contributed by atoms with Crippen molar-refractivity contribution in [1.82, 2.24) is 10.3 Å². The van der Waals surface area contributed by atoms with E-state index in [0.29, 0.717) is 6.04 Å². The van der Waals surface area contributed by atoms with Crippen LogP contribution in [-0.4, -0.2) is 18.1 Å². The van der Waals surface area contributed by atoms with Crippen molar-refractivity contribution in [2.45, 2.75) is 39.2 Å². The van der Waals surface area contributed by atoms with Crippen LogP contribution in [0.4, 0.5) is 0 Å². The van der Waals surface area contributed by atoms with Crippen LogP contribution in [0.15, 0.2) is 18.5 Å². The van der Waals surface area contributed by atoms with E-state index in [-0.39, 0.29) is 0 Å². The summed E-state index contributed by atoms with van der Waals surface area (Å²) in [6, 6.07) is 2.85. The van der Waals surface area contributed by atoms with Gasteiger partial charge in [0.15, 0.2) is 0 Å². The first-order chi connectivity index (χ1) is 6.76. The van der Waals surface area contributed by atoms with E-state index >= 15 is 0 Å². The molecule has 1 atom stereocenters. The van der Waals surface area contributed by atoms with E-state index in [9.17, 15) is 0 Å². The molecule has 0 saturated heterocycles. The second kappa shape index (κ2) is 5.76. The summed E-state index contributed by atoms with van der Waals surface area (Å²) in [6.45, 7) is 4.31. The van der Waals surface area contributed by atoms with Gasteiger partial charge in [-0.05, 0) is 44.4 Å². The largest absolute Gasteiger partial charge is 0.317 e. The van der Waals surface area contributed by atoms with Gasteiger partial charge in [-0.25, -0.2) is 0 Å². The molecule has 14 heavy (non-hydrogen) atoms. The summed E-state index contributed by atoms with van der Waals surface area (Å²) in [6.07, 6.45) is 7.37. The second-order valence-corrected chi connectivity index (χ2v) is 3.80. The molecular formula is C12H20N2. The van der Waals surface area contributed by atoms with Crippen molar-refractivity contribution in [2.24, 2.45) is 0 Å². The van der Waals surface area contributed by atoms with E-state index in [1.54, 1.807) is 0 Å². The molecule has 0 spiro atoms. The predicted octanol–water partition coefficient (Wildman–Crippen LogP) is 2.32. The SMILES string of the molecule is CCC(CCc1cncc(C)c1)NC. The molecule has 2 heteroatoms. The summed E-state index contributed by atoms with van der Waals surface area (Å²) >= 11 is 0. The highest BCUT2D eigenvalue weighted by Gasteiger charge is 2.03. The van der Waals surface area contributed by atoms with Gasteiger partial charge < -0.3 is 5.32 Å². The number of hydrogen-bond donors (Lipinski definition) is 1. The molecule has 0 aromatic carbocycles. The monoisotopic (exact) mass is 192 g/mol. The standard InChI is InChI=1S/C12H20N2/c1-4-12(13-3)6-5-11-7-10(2)8-14-9-11/h7-9,12-13H,4-6H2,1-3H3. The third kappa shape index (κ3) is 3.46. The quantitative estimate of drug-likeness (QED) is 0.774. The Morgan fingerprint density at radius 3 is 2.79 bits per heavy atom. The van der Waals surface area contributed by atoms with Crippen LogP contribution in [0.5, 0.6) is 0 Å². The van der Waals surface area contributed by atoms with Crippen LogP contribution in [-0.2, 0) is 6.42 Å². The lowest BCUT2D eigenvalue weighted by Gasteiger charge is -2.13. The van der Waals surface area contributed by atoms with Gasteiger partial charge in [0.1, 0.15) is 0 Å². The Balaban J connectivity index is 2.44. The van der Waals surface area contributed by atoms with E-state index in [1.165, 1.54) is 24.0 Å². The highest BCUT2D eigenvalue weighted by atomic mass is 14.9.